The van der Waals surface area contributed by atoms with E-state index in [1.807, 2.05) is 0 Å². The molecule has 0 aromatic rings. The van der Waals surface area contributed by atoms with Crippen molar-refractivity contribution in [3.63, 3.8) is 0 Å². The first-order valence-corrected chi connectivity index (χ1v) is 17.6. The first kappa shape index (κ1) is 46.0. The molecule has 0 unspecified atom stereocenters. The molecule has 25 atom stereocenters. The molecule has 0 aromatic heterocycles. The monoisotopic (exact) mass is 828 g/mol. The van der Waals surface area contributed by atoms with E-state index < -0.39 is 187 Å². The van der Waals surface area contributed by atoms with Gasteiger partial charge in [0.2, 0.25) is 0 Å². The van der Waals surface area contributed by atoms with Crippen molar-refractivity contribution in [2.75, 3.05) is 33.0 Å². The average Bonchev–Trinajstić information content (AvgIpc) is 3.19. The van der Waals surface area contributed by atoms with Gasteiger partial charge in [0.1, 0.15) is 122 Å². The van der Waals surface area contributed by atoms with Crippen LogP contribution >= 0.6 is 0 Å². The van der Waals surface area contributed by atoms with Crippen LogP contribution in [0.1, 0.15) is 0 Å². The van der Waals surface area contributed by atoms with Gasteiger partial charge in [-0.2, -0.15) is 0 Å². The van der Waals surface area contributed by atoms with Gasteiger partial charge in [-0.25, -0.2) is 0 Å². The maximum atomic E-state index is 11.1. The topological polar surface area (TPSA) is 427 Å². The van der Waals surface area contributed by atoms with Gasteiger partial charge in [0.25, 0.3) is 0 Å². The number of ether oxygens (including phenoxy) is 9. The molecule has 5 saturated heterocycles. The second kappa shape index (κ2) is 19.6. The van der Waals surface area contributed by atoms with E-state index in [2.05, 4.69) is 0 Å². The van der Waals surface area contributed by atoms with Crippen LogP contribution in [0.2, 0.25) is 0 Å². The predicted molar refractivity (Wildman–Crippen MR) is 167 cm³/mol. The lowest BCUT2D eigenvalue weighted by Gasteiger charge is -2.49. The molecule has 5 aliphatic rings. The van der Waals surface area contributed by atoms with Crippen LogP contribution in [0.15, 0.2) is 0 Å². The van der Waals surface area contributed by atoms with Gasteiger partial charge in [0.15, 0.2) is 31.5 Å². The van der Waals surface area contributed by atoms with Crippen molar-refractivity contribution in [1.82, 2.24) is 0 Å². The Balaban J connectivity index is 1.22. The Morgan fingerprint density at radius 3 is 0.821 bits per heavy atom. The zero-order valence-corrected chi connectivity index (χ0v) is 29.2. The normalized spacial score (nSPS) is 53.2. The predicted octanol–water partition coefficient (Wildman–Crippen LogP) is -11.9. The van der Waals surface area contributed by atoms with Gasteiger partial charge >= 0.3 is 0 Å². The van der Waals surface area contributed by atoms with Crippen molar-refractivity contribution in [3.8, 4) is 0 Å². The second-order valence-electron chi connectivity index (χ2n) is 13.9. The first-order chi connectivity index (χ1) is 26.5. The van der Waals surface area contributed by atoms with Gasteiger partial charge in [-0.05, 0) is 0 Å². The summed E-state index contributed by atoms with van der Waals surface area (Å²) in [5.41, 5.74) is 0. The highest BCUT2D eigenvalue weighted by molar-refractivity contribution is 4.99. The van der Waals surface area contributed by atoms with Gasteiger partial charge in [-0.1, -0.05) is 0 Å². The molecule has 0 aliphatic carbocycles. The Morgan fingerprint density at radius 2 is 0.518 bits per heavy atom. The Bertz CT molecular complexity index is 1200. The molecule has 26 heteroatoms. The summed E-state index contributed by atoms with van der Waals surface area (Å²) >= 11 is 0. The lowest BCUT2D eigenvalue weighted by Crippen LogP contribution is -2.68. The molecule has 328 valence electrons. The molecule has 0 aromatic carbocycles. The maximum Gasteiger partial charge on any atom is 0.187 e. The number of hydrogen-bond acceptors (Lipinski definition) is 26. The van der Waals surface area contributed by atoms with Crippen LogP contribution in [0.5, 0.6) is 0 Å². The third-order valence-electron chi connectivity index (χ3n) is 10.3. The van der Waals surface area contributed by atoms with E-state index >= 15 is 0 Å². The largest absolute Gasteiger partial charge is 0.394 e. The molecule has 5 heterocycles. The van der Waals surface area contributed by atoms with E-state index in [-0.39, 0.29) is 0 Å². The molecule has 0 amide bonds. The summed E-state index contributed by atoms with van der Waals surface area (Å²) in [6, 6.07) is 0. The van der Waals surface area contributed by atoms with Gasteiger partial charge in [-0.15, -0.1) is 0 Å². The smallest absolute Gasteiger partial charge is 0.187 e. The highest BCUT2D eigenvalue weighted by atomic mass is 16.8. The highest BCUT2D eigenvalue weighted by Gasteiger charge is 2.56. The zero-order chi connectivity index (χ0) is 41.3. The molecule has 0 bridgehead atoms. The number of rotatable bonds is 13. The fourth-order valence-electron chi connectivity index (χ4n) is 7.03. The molecule has 0 saturated carbocycles. The number of hydrogen-bond donors (Lipinski definition) is 17. The summed E-state index contributed by atoms with van der Waals surface area (Å²) in [7, 11) is 0. The van der Waals surface area contributed by atoms with E-state index in [0.29, 0.717) is 0 Å². The lowest BCUT2D eigenvalue weighted by atomic mass is 9.95. The van der Waals surface area contributed by atoms with Crippen LogP contribution in [0.3, 0.4) is 0 Å². The maximum absolute atomic E-state index is 11.1. The van der Waals surface area contributed by atoms with Crippen molar-refractivity contribution < 1.29 is 129 Å². The second-order valence-corrected chi connectivity index (χ2v) is 13.9. The fourth-order valence-corrected chi connectivity index (χ4v) is 7.03. The Labute approximate surface area is 316 Å². The molecule has 5 fully saturated rings. The van der Waals surface area contributed by atoms with E-state index in [1.165, 1.54) is 0 Å². The Kier molecular flexibility index (Phi) is 16.1. The van der Waals surface area contributed by atoms with Gasteiger partial charge < -0.3 is 129 Å². The van der Waals surface area contributed by atoms with Crippen LogP contribution in [0.4, 0.5) is 0 Å². The molecular weight excluding hydrogens is 776 g/mol. The Morgan fingerprint density at radius 1 is 0.268 bits per heavy atom. The quantitative estimate of drug-likeness (QED) is 0.0819. The molecular formula is C30H52O26. The van der Waals surface area contributed by atoms with Crippen LogP contribution in [0.25, 0.3) is 0 Å². The Hall–Kier alpha value is -1.04. The minimum Gasteiger partial charge on any atom is -0.394 e. The third-order valence-corrected chi connectivity index (χ3v) is 10.3. The summed E-state index contributed by atoms with van der Waals surface area (Å²) < 4.78 is 49.1. The minimum absolute atomic E-state index is 0.811. The van der Waals surface area contributed by atoms with Crippen molar-refractivity contribution in [2.24, 2.45) is 0 Å². The van der Waals surface area contributed by atoms with Crippen molar-refractivity contribution in [1.29, 1.82) is 0 Å². The number of aliphatic hydroxyl groups is 17. The molecule has 5 aliphatic heterocycles. The van der Waals surface area contributed by atoms with E-state index in [4.69, 9.17) is 42.6 Å². The van der Waals surface area contributed by atoms with Gasteiger partial charge in [0.05, 0.1) is 33.0 Å². The standard InChI is InChI=1S/C30H52O26/c31-1-6-11(36)12(37)18(43)27(49-6)54-23-8(3-33)51-29(20(45)14(23)39)56-25-10(5-35)52-30(21(46)16(25)41)55-24-9(4-34)50-28(19(44)15(24)40)53-22-7(2-32)48-26(47)17(42)13(22)38/h6-47H,1-5H2/t6-,7-,8-,9-,10-,11-,12+,13-,14+,15-,16-,17-,18-,19-,20-,21-,22-,23-,24-,25-,26+,27-,28-,29-,30-/m1/s1. The summed E-state index contributed by atoms with van der Waals surface area (Å²) in [6.45, 7) is -4.51. The molecule has 0 spiro atoms. The molecule has 56 heavy (non-hydrogen) atoms. The highest BCUT2D eigenvalue weighted by Crippen LogP contribution is 2.35. The van der Waals surface area contributed by atoms with Crippen LogP contribution in [0, 0.1) is 0 Å². The molecule has 5 rings (SSSR count). The van der Waals surface area contributed by atoms with Crippen molar-refractivity contribution >= 4 is 0 Å². The molecule has 17 N–H and O–H groups in total. The van der Waals surface area contributed by atoms with E-state index in [1.54, 1.807) is 0 Å². The summed E-state index contributed by atoms with van der Waals surface area (Å²) in [6.07, 6.45) is -45.8. The van der Waals surface area contributed by atoms with E-state index in [0.717, 1.165) is 0 Å². The third kappa shape index (κ3) is 9.16. The summed E-state index contributed by atoms with van der Waals surface area (Å²) in [5.74, 6) is 0. The van der Waals surface area contributed by atoms with E-state index in [9.17, 15) is 86.8 Å². The molecule has 0 radical (unpaired) electrons. The van der Waals surface area contributed by atoms with Crippen LogP contribution in [-0.2, 0) is 42.6 Å². The van der Waals surface area contributed by atoms with Crippen LogP contribution < -0.4 is 0 Å². The SMILES string of the molecule is OC[C@H]1O[C@H](O[C@H]2[C@@H](O)[C@@H](O)[C@@H](O[C@H]3[C@H](O)[C@@H](O)[C@@H](O[C@H]4[C@H](O)[C@@H](O)[C@@H](O[C@H]5[C@H](O)[C@@H](O)[C@@H](O)O[C@@H]5CO)O[C@@H]4CO)O[C@@H]3CO)O[C@@H]2CO)[C@H](O)[C@@H](O)[C@@H]1O. The summed E-state index contributed by atoms with van der Waals surface area (Å²) in [5, 5.41) is 176. The average molecular weight is 829 g/mol. The van der Waals surface area contributed by atoms with Gasteiger partial charge in [0, 0.05) is 0 Å². The molecule has 26 nitrogen and oxygen atoms in total. The fraction of sp³-hybridized carbons (Fsp3) is 1.00. The zero-order valence-electron chi connectivity index (χ0n) is 29.2. The minimum atomic E-state index is -2.12. The summed E-state index contributed by atoms with van der Waals surface area (Å²) in [4.78, 5) is 0. The first-order valence-electron chi connectivity index (χ1n) is 17.6. The number of aliphatic hydroxyl groups excluding tert-OH is 17. The van der Waals surface area contributed by atoms with Crippen molar-refractivity contribution in [3.05, 3.63) is 0 Å². The van der Waals surface area contributed by atoms with Gasteiger partial charge in [-0.3, -0.25) is 0 Å². The van der Waals surface area contributed by atoms with Crippen LogP contribution in [-0.4, -0.2) is 273 Å². The lowest BCUT2D eigenvalue weighted by molar-refractivity contribution is -0.392. The van der Waals surface area contributed by atoms with Crippen molar-refractivity contribution in [2.45, 2.75) is 154 Å².